The molecule has 0 amide bonds. The lowest BCUT2D eigenvalue weighted by molar-refractivity contribution is 0.0696. The molecular weight excluding hydrogens is 220 g/mol. The lowest BCUT2D eigenvalue weighted by atomic mass is 10.1. The Kier molecular flexibility index (Phi) is 2.65. The normalized spacial score (nSPS) is 9.42. The van der Waals surface area contributed by atoms with Crippen molar-refractivity contribution >= 4 is 28.0 Å². The Morgan fingerprint density at radius 3 is 2.67 bits per heavy atom. The Hall–Kier alpha value is -1.09. The van der Waals surface area contributed by atoms with Crippen LogP contribution in [0.2, 0.25) is 0 Å². The molecule has 62 valence electrons. The molecule has 1 N–H and O–H groups in total. The third-order valence-electron chi connectivity index (χ3n) is 1.46. The van der Waals surface area contributed by atoms with Gasteiger partial charge in [0.05, 0.1) is 5.56 Å². The van der Waals surface area contributed by atoms with Crippen molar-refractivity contribution in [3.05, 3.63) is 40.4 Å². The van der Waals surface area contributed by atoms with Crippen LogP contribution in [0.4, 0.5) is 0 Å². The summed E-state index contributed by atoms with van der Waals surface area (Å²) in [5, 5.41) is 8.67. The molecule has 0 fully saturated rings. The SMILES string of the molecule is C=Cc1ccc(C(=O)O)c(Br)c1. The third-order valence-corrected chi connectivity index (χ3v) is 2.12. The van der Waals surface area contributed by atoms with E-state index < -0.39 is 5.97 Å². The maximum Gasteiger partial charge on any atom is 0.336 e. The molecule has 0 aliphatic heterocycles. The van der Waals surface area contributed by atoms with E-state index in [1.807, 2.05) is 0 Å². The van der Waals surface area contributed by atoms with Crippen LogP contribution in [0, 0.1) is 0 Å². The van der Waals surface area contributed by atoms with Crippen molar-refractivity contribution in [2.75, 3.05) is 0 Å². The molecule has 0 saturated carbocycles. The molecule has 0 bridgehead atoms. The molecule has 0 aliphatic carbocycles. The predicted molar refractivity (Wildman–Crippen MR) is 51.2 cm³/mol. The summed E-state index contributed by atoms with van der Waals surface area (Å²) < 4.78 is 0.576. The van der Waals surface area contributed by atoms with Gasteiger partial charge in [-0.2, -0.15) is 0 Å². The van der Waals surface area contributed by atoms with E-state index in [9.17, 15) is 4.79 Å². The number of carbonyl (C=O) groups is 1. The van der Waals surface area contributed by atoms with Crippen molar-refractivity contribution in [2.45, 2.75) is 0 Å². The first-order valence-corrected chi connectivity index (χ1v) is 4.09. The summed E-state index contributed by atoms with van der Waals surface area (Å²) in [6.07, 6.45) is 1.66. The molecule has 12 heavy (non-hydrogen) atoms. The highest BCUT2D eigenvalue weighted by Crippen LogP contribution is 2.18. The zero-order valence-corrected chi connectivity index (χ0v) is 7.84. The zero-order chi connectivity index (χ0) is 9.14. The number of hydrogen-bond acceptors (Lipinski definition) is 1. The molecular formula is C9H7BrO2. The minimum atomic E-state index is -0.933. The highest BCUT2D eigenvalue weighted by Gasteiger charge is 2.06. The molecule has 0 radical (unpaired) electrons. The first kappa shape index (κ1) is 9.00. The van der Waals surface area contributed by atoms with Gasteiger partial charge in [0, 0.05) is 4.47 Å². The minimum Gasteiger partial charge on any atom is -0.478 e. The standard InChI is InChI=1S/C9H7BrO2/c1-2-6-3-4-7(9(11)12)8(10)5-6/h2-5H,1H2,(H,11,12). The number of carboxylic acid groups (broad SMARTS) is 1. The van der Waals surface area contributed by atoms with E-state index in [4.69, 9.17) is 5.11 Å². The second-order valence-electron chi connectivity index (χ2n) is 2.25. The molecule has 0 saturated heterocycles. The summed E-state index contributed by atoms with van der Waals surface area (Å²) in [4.78, 5) is 10.6. The second kappa shape index (κ2) is 3.54. The van der Waals surface area contributed by atoms with E-state index in [-0.39, 0.29) is 5.56 Å². The van der Waals surface area contributed by atoms with Gasteiger partial charge in [0.25, 0.3) is 0 Å². The molecule has 1 aromatic rings. The van der Waals surface area contributed by atoms with Crippen molar-refractivity contribution in [1.82, 2.24) is 0 Å². The number of halogens is 1. The zero-order valence-electron chi connectivity index (χ0n) is 6.25. The maximum absolute atomic E-state index is 10.6. The fourth-order valence-corrected chi connectivity index (χ4v) is 1.40. The van der Waals surface area contributed by atoms with Crippen molar-refractivity contribution in [3.63, 3.8) is 0 Å². The van der Waals surface area contributed by atoms with Crippen LogP contribution in [0.5, 0.6) is 0 Å². The fourth-order valence-electron chi connectivity index (χ4n) is 0.832. The summed E-state index contributed by atoms with van der Waals surface area (Å²) in [7, 11) is 0. The highest BCUT2D eigenvalue weighted by atomic mass is 79.9. The number of aromatic carboxylic acids is 1. The van der Waals surface area contributed by atoms with Crippen LogP contribution in [0.1, 0.15) is 15.9 Å². The maximum atomic E-state index is 10.6. The topological polar surface area (TPSA) is 37.3 Å². The summed E-state index contributed by atoms with van der Waals surface area (Å²) in [6, 6.07) is 4.97. The van der Waals surface area contributed by atoms with Crippen molar-refractivity contribution < 1.29 is 9.90 Å². The molecule has 1 aromatic carbocycles. The molecule has 0 atom stereocenters. The van der Waals surface area contributed by atoms with Crippen molar-refractivity contribution in [3.8, 4) is 0 Å². The quantitative estimate of drug-likeness (QED) is 0.843. The van der Waals surface area contributed by atoms with Crippen LogP contribution >= 0.6 is 15.9 Å². The second-order valence-corrected chi connectivity index (χ2v) is 3.10. The van der Waals surface area contributed by atoms with E-state index in [0.29, 0.717) is 4.47 Å². The molecule has 0 aliphatic rings. The van der Waals surface area contributed by atoms with Gasteiger partial charge in [-0.1, -0.05) is 18.7 Å². The molecule has 0 heterocycles. The van der Waals surface area contributed by atoms with E-state index >= 15 is 0 Å². The fraction of sp³-hybridized carbons (Fsp3) is 0. The molecule has 2 nitrogen and oxygen atoms in total. The number of benzene rings is 1. The third kappa shape index (κ3) is 1.74. The molecule has 1 rings (SSSR count). The van der Waals surface area contributed by atoms with E-state index in [2.05, 4.69) is 22.5 Å². The number of rotatable bonds is 2. The smallest absolute Gasteiger partial charge is 0.336 e. The van der Waals surface area contributed by atoms with Gasteiger partial charge < -0.3 is 5.11 Å². The van der Waals surface area contributed by atoms with Gasteiger partial charge in [-0.05, 0) is 33.6 Å². The largest absolute Gasteiger partial charge is 0.478 e. The minimum absolute atomic E-state index is 0.264. The first-order chi connectivity index (χ1) is 5.65. The summed E-state index contributed by atoms with van der Waals surface area (Å²) >= 11 is 3.16. The average Bonchev–Trinajstić information content (AvgIpc) is 2.03. The van der Waals surface area contributed by atoms with Crippen LogP contribution in [-0.2, 0) is 0 Å². The summed E-state index contributed by atoms with van der Waals surface area (Å²) in [6.45, 7) is 3.58. The van der Waals surface area contributed by atoms with Crippen LogP contribution in [-0.4, -0.2) is 11.1 Å². The van der Waals surface area contributed by atoms with Gasteiger partial charge in [0.15, 0.2) is 0 Å². The van der Waals surface area contributed by atoms with Crippen LogP contribution < -0.4 is 0 Å². The van der Waals surface area contributed by atoms with Crippen molar-refractivity contribution in [1.29, 1.82) is 0 Å². The van der Waals surface area contributed by atoms with Crippen molar-refractivity contribution in [2.24, 2.45) is 0 Å². The predicted octanol–water partition coefficient (Wildman–Crippen LogP) is 2.79. The Morgan fingerprint density at radius 2 is 2.25 bits per heavy atom. The Balaban J connectivity index is 3.20. The Labute approximate surface area is 78.7 Å². The molecule has 3 heteroatoms. The number of hydrogen-bond donors (Lipinski definition) is 1. The van der Waals surface area contributed by atoms with Crippen LogP contribution in [0.15, 0.2) is 29.3 Å². The Morgan fingerprint density at radius 1 is 1.58 bits per heavy atom. The average molecular weight is 227 g/mol. The van der Waals surface area contributed by atoms with Gasteiger partial charge >= 0.3 is 5.97 Å². The highest BCUT2D eigenvalue weighted by molar-refractivity contribution is 9.10. The summed E-state index contributed by atoms with van der Waals surface area (Å²) in [5.74, 6) is -0.933. The summed E-state index contributed by atoms with van der Waals surface area (Å²) in [5.41, 5.74) is 1.16. The lowest BCUT2D eigenvalue weighted by Crippen LogP contribution is -1.97. The van der Waals surface area contributed by atoms with Gasteiger partial charge in [-0.3, -0.25) is 0 Å². The lowest BCUT2D eigenvalue weighted by Gasteiger charge is -1.99. The van der Waals surface area contributed by atoms with Gasteiger partial charge in [-0.25, -0.2) is 4.79 Å². The van der Waals surface area contributed by atoms with E-state index in [0.717, 1.165) is 5.56 Å². The van der Waals surface area contributed by atoms with Gasteiger partial charge in [-0.15, -0.1) is 0 Å². The van der Waals surface area contributed by atoms with E-state index in [1.165, 1.54) is 0 Å². The molecule has 0 spiro atoms. The van der Waals surface area contributed by atoms with E-state index in [1.54, 1.807) is 24.3 Å². The monoisotopic (exact) mass is 226 g/mol. The van der Waals surface area contributed by atoms with Crippen LogP contribution in [0.25, 0.3) is 6.08 Å². The number of carboxylic acids is 1. The molecule has 0 unspecified atom stereocenters. The molecule has 0 aromatic heterocycles. The first-order valence-electron chi connectivity index (χ1n) is 3.30. The van der Waals surface area contributed by atoms with Gasteiger partial charge in [0.2, 0.25) is 0 Å². The van der Waals surface area contributed by atoms with Crippen LogP contribution in [0.3, 0.4) is 0 Å². The Bertz CT molecular complexity index is 331. The van der Waals surface area contributed by atoms with Gasteiger partial charge in [0.1, 0.15) is 0 Å².